The number of hydrogen-bond donors (Lipinski definition) is 0. The Morgan fingerprint density at radius 2 is 1.55 bits per heavy atom. The molecule has 2 aliphatic carbocycles. The van der Waals surface area contributed by atoms with Crippen molar-refractivity contribution in [1.29, 1.82) is 0 Å². The molecule has 2 saturated carbocycles. The van der Waals surface area contributed by atoms with Crippen LogP contribution in [-0.2, 0) is 4.79 Å². The van der Waals surface area contributed by atoms with Gasteiger partial charge in [0.25, 0.3) is 0 Å². The molecule has 0 aromatic heterocycles. The zero-order valence-corrected chi connectivity index (χ0v) is 13.5. The maximum absolute atomic E-state index is 12.0. The first-order valence-corrected chi connectivity index (χ1v) is 9.31. The smallest absolute Gasteiger partial charge is 0.132 e. The number of hydrogen-bond acceptors (Lipinski definition) is 1. The molecule has 116 valence electrons. The molecule has 0 aromatic rings. The van der Waals surface area contributed by atoms with Crippen molar-refractivity contribution in [1.82, 2.24) is 0 Å². The summed E-state index contributed by atoms with van der Waals surface area (Å²) in [5.41, 5.74) is 0. The molecule has 0 bridgehead atoms. The van der Waals surface area contributed by atoms with Crippen LogP contribution in [0.1, 0.15) is 96.8 Å². The predicted molar refractivity (Wildman–Crippen MR) is 85.8 cm³/mol. The lowest BCUT2D eigenvalue weighted by Crippen LogP contribution is -2.20. The molecule has 0 amide bonds. The van der Waals surface area contributed by atoms with E-state index in [1.165, 1.54) is 70.6 Å². The Kier molecular flexibility index (Phi) is 7.10. The Morgan fingerprint density at radius 3 is 2.20 bits per heavy atom. The first kappa shape index (κ1) is 16.0. The van der Waals surface area contributed by atoms with Crippen LogP contribution < -0.4 is 0 Å². The molecule has 0 heterocycles. The van der Waals surface area contributed by atoms with Gasteiger partial charge in [-0.3, -0.25) is 4.79 Å². The predicted octanol–water partition coefficient (Wildman–Crippen LogP) is 5.91. The Balaban J connectivity index is 1.55. The summed E-state index contributed by atoms with van der Waals surface area (Å²) in [7, 11) is 0. The van der Waals surface area contributed by atoms with Crippen molar-refractivity contribution in [3.05, 3.63) is 0 Å². The van der Waals surface area contributed by atoms with E-state index in [4.69, 9.17) is 0 Å². The van der Waals surface area contributed by atoms with Crippen LogP contribution in [-0.4, -0.2) is 5.78 Å². The number of unbranched alkanes of at least 4 members (excludes halogenated alkanes) is 1. The van der Waals surface area contributed by atoms with Gasteiger partial charge in [0.05, 0.1) is 0 Å². The van der Waals surface area contributed by atoms with E-state index >= 15 is 0 Å². The number of ketones is 1. The lowest BCUT2D eigenvalue weighted by Gasteiger charge is -2.31. The van der Waals surface area contributed by atoms with E-state index in [1.54, 1.807) is 0 Å². The highest BCUT2D eigenvalue weighted by Crippen LogP contribution is 2.36. The van der Waals surface area contributed by atoms with E-state index in [0.717, 1.165) is 37.0 Å². The van der Waals surface area contributed by atoms with Crippen molar-refractivity contribution in [2.45, 2.75) is 96.8 Å². The molecule has 20 heavy (non-hydrogen) atoms. The summed E-state index contributed by atoms with van der Waals surface area (Å²) in [5, 5.41) is 0. The van der Waals surface area contributed by atoms with Gasteiger partial charge in [-0.25, -0.2) is 0 Å². The fourth-order valence-electron chi connectivity index (χ4n) is 4.05. The third-order valence-corrected chi connectivity index (χ3v) is 5.53. The van der Waals surface area contributed by atoms with Crippen LogP contribution in [0.2, 0.25) is 0 Å². The van der Waals surface area contributed by atoms with Gasteiger partial charge in [-0.15, -0.1) is 0 Å². The van der Waals surface area contributed by atoms with Gasteiger partial charge in [0.15, 0.2) is 0 Å². The third kappa shape index (κ3) is 5.97. The summed E-state index contributed by atoms with van der Waals surface area (Å²) in [4.78, 5) is 12.0. The maximum Gasteiger partial charge on any atom is 0.132 e. The van der Waals surface area contributed by atoms with E-state index in [0.29, 0.717) is 5.78 Å². The first-order valence-electron chi connectivity index (χ1n) is 9.31. The van der Waals surface area contributed by atoms with Gasteiger partial charge >= 0.3 is 0 Å². The quantitative estimate of drug-likeness (QED) is 0.454. The maximum atomic E-state index is 12.0. The van der Waals surface area contributed by atoms with Gasteiger partial charge in [-0.1, -0.05) is 71.1 Å². The molecule has 2 atom stereocenters. The second-order valence-corrected chi connectivity index (χ2v) is 7.36. The van der Waals surface area contributed by atoms with E-state index in [2.05, 4.69) is 6.92 Å². The summed E-state index contributed by atoms with van der Waals surface area (Å²) >= 11 is 0. The molecule has 2 unspecified atom stereocenters. The van der Waals surface area contributed by atoms with Crippen LogP contribution in [0.15, 0.2) is 0 Å². The number of Topliss-reactive ketones (excluding diaryl/α,β-unsaturated/α-hetero) is 1. The molecule has 2 aliphatic rings. The largest absolute Gasteiger partial charge is 0.300 e. The summed E-state index contributed by atoms with van der Waals surface area (Å²) in [5.74, 6) is 3.36. The van der Waals surface area contributed by atoms with Gasteiger partial charge < -0.3 is 0 Å². The zero-order chi connectivity index (χ0) is 14.2. The van der Waals surface area contributed by atoms with Gasteiger partial charge in [0.1, 0.15) is 5.78 Å². The lowest BCUT2D eigenvalue weighted by molar-refractivity contribution is -0.119. The Hall–Kier alpha value is -0.330. The van der Waals surface area contributed by atoms with Crippen LogP contribution in [0.3, 0.4) is 0 Å². The lowest BCUT2D eigenvalue weighted by atomic mass is 9.74. The third-order valence-electron chi connectivity index (χ3n) is 5.53. The van der Waals surface area contributed by atoms with E-state index in [9.17, 15) is 4.79 Å². The molecule has 1 nitrogen and oxygen atoms in total. The van der Waals surface area contributed by atoms with Crippen molar-refractivity contribution in [2.24, 2.45) is 17.8 Å². The Morgan fingerprint density at radius 1 is 0.850 bits per heavy atom. The van der Waals surface area contributed by atoms with Crippen molar-refractivity contribution < 1.29 is 4.79 Å². The molecule has 2 rings (SSSR count). The van der Waals surface area contributed by atoms with Crippen LogP contribution in [0.4, 0.5) is 0 Å². The van der Waals surface area contributed by atoms with E-state index in [-0.39, 0.29) is 0 Å². The zero-order valence-electron chi connectivity index (χ0n) is 13.5. The molecule has 0 aromatic carbocycles. The van der Waals surface area contributed by atoms with Crippen molar-refractivity contribution in [3.8, 4) is 0 Å². The van der Waals surface area contributed by atoms with Gasteiger partial charge in [-0.2, -0.15) is 0 Å². The Labute approximate surface area is 125 Å². The minimum atomic E-state index is 0.543. The van der Waals surface area contributed by atoms with Gasteiger partial charge in [0.2, 0.25) is 0 Å². The molecule has 0 N–H and O–H groups in total. The normalized spacial score (nSPS) is 26.6. The molecule has 0 radical (unpaired) electrons. The van der Waals surface area contributed by atoms with E-state index in [1.807, 2.05) is 0 Å². The number of carbonyl (C=O) groups excluding carboxylic acids is 1. The molecular formula is C19H34O. The molecule has 1 heteroatoms. The van der Waals surface area contributed by atoms with Crippen molar-refractivity contribution in [3.63, 3.8) is 0 Å². The summed E-state index contributed by atoms with van der Waals surface area (Å²) in [6, 6.07) is 0. The number of carbonyl (C=O) groups is 1. The second-order valence-electron chi connectivity index (χ2n) is 7.36. The summed E-state index contributed by atoms with van der Waals surface area (Å²) in [6.45, 7) is 2.30. The van der Waals surface area contributed by atoms with Crippen molar-refractivity contribution in [2.75, 3.05) is 0 Å². The standard InChI is InChI=1S/C19H34O/c1-2-7-17-9-4-5-10-18(17)14-15-19(20)11-6-3-8-16-12-13-16/h16-18H,2-15H2,1H3. The topological polar surface area (TPSA) is 17.1 Å². The average molecular weight is 278 g/mol. The molecule has 0 spiro atoms. The molecule has 0 aliphatic heterocycles. The molecule has 0 saturated heterocycles. The summed E-state index contributed by atoms with van der Waals surface area (Å²) < 4.78 is 0. The SMILES string of the molecule is CCCC1CCCCC1CCC(=O)CCCCC1CC1. The first-order chi connectivity index (χ1) is 9.79. The minimum absolute atomic E-state index is 0.543. The fraction of sp³-hybridized carbons (Fsp3) is 0.947. The number of rotatable bonds is 10. The molecule has 2 fully saturated rings. The Bertz CT molecular complexity index is 277. The van der Waals surface area contributed by atoms with Crippen LogP contribution in [0.5, 0.6) is 0 Å². The average Bonchev–Trinajstić information content (AvgIpc) is 3.27. The van der Waals surface area contributed by atoms with Crippen molar-refractivity contribution >= 4 is 5.78 Å². The van der Waals surface area contributed by atoms with Gasteiger partial charge in [0, 0.05) is 12.8 Å². The van der Waals surface area contributed by atoms with Crippen LogP contribution in [0, 0.1) is 17.8 Å². The van der Waals surface area contributed by atoms with Crippen LogP contribution in [0.25, 0.3) is 0 Å². The second kappa shape index (κ2) is 8.85. The van der Waals surface area contributed by atoms with E-state index < -0.39 is 0 Å². The minimum Gasteiger partial charge on any atom is -0.300 e. The highest BCUT2D eigenvalue weighted by atomic mass is 16.1. The van der Waals surface area contributed by atoms with Gasteiger partial charge in [-0.05, 0) is 30.6 Å². The monoisotopic (exact) mass is 278 g/mol. The van der Waals surface area contributed by atoms with Crippen LogP contribution >= 0.6 is 0 Å². The molecular weight excluding hydrogens is 244 g/mol. The highest BCUT2D eigenvalue weighted by Gasteiger charge is 2.24. The fourth-order valence-corrected chi connectivity index (χ4v) is 4.05. The summed E-state index contributed by atoms with van der Waals surface area (Å²) in [6.07, 6.45) is 18.0. The highest BCUT2D eigenvalue weighted by molar-refractivity contribution is 5.78.